The van der Waals surface area contributed by atoms with Gasteiger partial charge in [0.25, 0.3) is 0 Å². The van der Waals surface area contributed by atoms with Crippen LogP contribution in [0.4, 0.5) is 0 Å². The van der Waals surface area contributed by atoms with Gasteiger partial charge in [0.2, 0.25) is 0 Å². The van der Waals surface area contributed by atoms with Gasteiger partial charge in [-0.25, -0.2) is 9.59 Å². The highest BCUT2D eigenvalue weighted by Crippen LogP contribution is 2.35. The first kappa shape index (κ1) is 25.1. The van der Waals surface area contributed by atoms with Crippen molar-refractivity contribution in [3.63, 3.8) is 0 Å². The van der Waals surface area contributed by atoms with Crippen LogP contribution in [0.2, 0.25) is 0 Å². The Bertz CT molecular complexity index is 948. The maximum Gasteiger partial charge on any atom is 0.338 e. The van der Waals surface area contributed by atoms with E-state index >= 15 is 0 Å². The summed E-state index contributed by atoms with van der Waals surface area (Å²) < 4.78 is 23.4. The van der Waals surface area contributed by atoms with Gasteiger partial charge in [-0.05, 0) is 44.2 Å². The average molecular weight is 519 g/mol. The summed E-state index contributed by atoms with van der Waals surface area (Å²) in [5, 5.41) is 10.8. The number of ether oxygens (including phenoxy) is 4. The topological polar surface area (TPSA) is 91.3 Å². The average Bonchev–Trinajstić information content (AvgIpc) is 3.16. The molecule has 33 heavy (non-hydrogen) atoms. The quantitative estimate of drug-likeness (QED) is 0.305. The molecule has 1 aliphatic rings. The van der Waals surface area contributed by atoms with Crippen molar-refractivity contribution in [2.75, 3.05) is 5.33 Å². The van der Waals surface area contributed by atoms with Crippen LogP contribution in [-0.4, -0.2) is 58.7 Å². The second-order valence-electron chi connectivity index (χ2n) is 7.99. The molecule has 5 atom stereocenters. The maximum atomic E-state index is 12.8. The van der Waals surface area contributed by atoms with Crippen molar-refractivity contribution in [3.05, 3.63) is 84.4 Å². The molecule has 1 N–H and O–H groups in total. The molecule has 0 unspecified atom stereocenters. The molecule has 0 radical (unpaired) electrons. The molecule has 1 saturated heterocycles. The van der Waals surface area contributed by atoms with Gasteiger partial charge in [-0.1, -0.05) is 58.9 Å². The Kier molecular flexibility index (Phi) is 8.42. The van der Waals surface area contributed by atoms with Crippen LogP contribution in [0.15, 0.2) is 73.3 Å². The van der Waals surface area contributed by atoms with E-state index in [0.717, 1.165) is 0 Å². The highest BCUT2D eigenvalue weighted by atomic mass is 79.9. The van der Waals surface area contributed by atoms with Gasteiger partial charge in [-0.2, -0.15) is 0 Å². The molecule has 2 aromatic rings. The number of alkyl halides is 1. The summed E-state index contributed by atoms with van der Waals surface area (Å²) in [6.45, 7) is 7.16. The lowest BCUT2D eigenvalue weighted by Crippen LogP contribution is -2.50. The first-order chi connectivity index (χ1) is 15.8. The fourth-order valence-electron chi connectivity index (χ4n) is 3.56. The van der Waals surface area contributed by atoms with E-state index in [-0.39, 0.29) is 5.33 Å². The van der Waals surface area contributed by atoms with Crippen molar-refractivity contribution < 1.29 is 33.6 Å². The van der Waals surface area contributed by atoms with E-state index in [1.165, 1.54) is 6.08 Å². The van der Waals surface area contributed by atoms with Crippen LogP contribution >= 0.6 is 15.9 Å². The summed E-state index contributed by atoms with van der Waals surface area (Å²) in [6.07, 6.45) is -3.54. The molecular weight excluding hydrogens is 492 g/mol. The van der Waals surface area contributed by atoms with Crippen LogP contribution in [0.1, 0.15) is 34.6 Å². The van der Waals surface area contributed by atoms with Crippen LogP contribution in [-0.2, 0) is 18.9 Å². The van der Waals surface area contributed by atoms with E-state index in [1.54, 1.807) is 74.5 Å². The Morgan fingerprint density at radius 2 is 1.48 bits per heavy atom. The predicted molar refractivity (Wildman–Crippen MR) is 125 cm³/mol. The number of aliphatic hydroxyl groups excluding tert-OH is 1. The summed E-state index contributed by atoms with van der Waals surface area (Å²) in [4.78, 5) is 25.4. The Balaban J connectivity index is 1.86. The highest BCUT2D eigenvalue weighted by Gasteiger charge is 2.52. The van der Waals surface area contributed by atoms with Crippen molar-refractivity contribution in [3.8, 4) is 0 Å². The van der Waals surface area contributed by atoms with Crippen molar-refractivity contribution in [2.24, 2.45) is 0 Å². The molecule has 0 amide bonds. The van der Waals surface area contributed by atoms with E-state index in [1.807, 2.05) is 0 Å². The molecule has 3 rings (SSSR count). The number of hydrogen-bond donors (Lipinski definition) is 1. The third-order valence-electron chi connectivity index (χ3n) is 5.09. The number of carbonyl (C=O) groups is 2. The van der Waals surface area contributed by atoms with Gasteiger partial charge in [0.05, 0.1) is 11.1 Å². The lowest BCUT2D eigenvalue weighted by Gasteiger charge is -2.31. The summed E-state index contributed by atoms with van der Waals surface area (Å²) in [5.41, 5.74) is 0.696. The van der Waals surface area contributed by atoms with E-state index in [4.69, 9.17) is 18.9 Å². The number of halogens is 1. The molecule has 0 aromatic heterocycles. The highest BCUT2D eigenvalue weighted by molar-refractivity contribution is 9.09. The predicted octanol–water partition coefficient (Wildman–Crippen LogP) is 3.90. The number of rotatable bonds is 9. The van der Waals surface area contributed by atoms with Crippen LogP contribution in [0.5, 0.6) is 0 Å². The van der Waals surface area contributed by atoms with Gasteiger partial charge in [-0.3, -0.25) is 0 Å². The minimum atomic E-state index is -1.11. The molecule has 1 heterocycles. The normalized spacial score (nSPS) is 22.1. The molecule has 0 saturated carbocycles. The number of benzene rings is 2. The monoisotopic (exact) mass is 518 g/mol. The SMILES string of the molecule is C=C[C@@H](OC(=O)c1ccccc1)[C@H]1OC(C)(C)O[C@H]1[C@@H](OC(=O)c1ccccc1)[C@H](O)CBr. The number of aliphatic hydroxyl groups is 1. The second-order valence-corrected chi connectivity index (χ2v) is 8.64. The van der Waals surface area contributed by atoms with Gasteiger partial charge in [0, 0.05) is 5.33 Å². The summed E-state index contributed by atoms with van der Waals surface area (Å²) in [5.74, 6) is -2.27. The smallest absolute Gasteiger partial charge is 0.338 e. The first-order valence-electron chi connectivity index (χ1n) is 10.5. The number of esters is 2. The summed E-state index contributed by atoms with van der Waals surface area (Å²) in [6, 6.07) is 16.9. The largest absolute Gasteiger partial charge is 0.453 e. The molecule has 176 valence electrons. The third-order valence-corrected chi connectivity index (χ3v) is 5.75. The summed E-state index contributed by atoms with van der Waals surface area (Å²) in [7, 11) is 0. The minimum absolute atomic E-state index is 0.120. The number of carbonyl (C=O) groups excluding carboxylic acids is 2. The van der Waals surface area contributed by atoms with E-state index in [0.29, 0.717) is 11.1 Å². The summed E-state index contributed by atoms with van der Waals surface area (Å²) >= 11 is 3.24. The van der Waals surface area contributed by atoms with Crippen LogP contribution in [0.3, 0.4) is 0 Å². The minimum Gasteiger partial charge on any atom is -0.453 e. The standard InChI is InChI=1S/C25H27BrO7/c1-4-19(30-23(28)16-11-7-5-8-12-16)21-22(33-25(2,3)32-21)20(18(27)15-26)31-24(29)17-13-9-6-10-14-17/h4-14,18-22,27H,1,15H2,2-3H3/t18-,19-,20+,21-,22+/m1/s1. The van der Waals surface area contributed by atoms with Gasteiger partial charge >= 0.3 is 11.9 Å². The zero-order valence-corrected chi connectivity index (χ0v) is 20.0. The zero-order chi connectivity index (χ0) is 24.0. The molecule has 0 bridgehead atoms. The van der Waals surface area contributed by atoms with Crippen LogP contribution in [0, 0.1) is 0 Å². The van der Waals surface area contributed by atoms with Crippen molar-refractivity contribution in [1.82, 2.24) is 0 Å². The molecule has 0 aliphatic carbocycles. The third kappa shape index (κ3) is 6.29. The maximum absolute atomic E-state index is 12.8. The van der Waals surface area contributed by atoms with Crippen LogP contribution < -0.4 is 0 Å². The van der Waals surface area contributed by atoms with Gasteiger partial charge in [0.15, 0.2) is 11.9 Å². The van der Waals surface area contributed by atoms with E-state index in [2.05, 4.69) is 22.5 Å². The van der Waals surface area contributed by atoms with Gasteiger partial charge in [0.1, 0.15) is 24.4 Å². The molecule has 0 spiro atoms. The lowest BCUT2D eigenvalue weighted by atomic mass is 9.99. The van der Waals surface area contributed by atoms with Gasteiger partial charge in [-0.15, -0.1) is 0 Å². The zero-order valence-electron chi connectivity index (χ0n) is 18.4. The fraction of sp³-hybridized carbons (Fsp3) is 0.360. The Hall–Kier alpha value is -2.52. The number of hydrogen-bond acceptors (Lipinski definition) is 7. The van der Waals surface area contributed by atoms with Crippen molar-refractivity contribution >= 4 is 27.9 Å². The first-order valence-corrected chi connectivity index (χ1v) is 11.6. The van der Waals surface area contributed by atoms with Crippen LogP contribution in [0.25, 0.3) is 0 Å². The molecule has 7 nitrogen and oxygen atoms in total. The van der Waals surface area contributed by atoms with Crippen molar-refractivity contribution in [1.29, 1.82) is 0 Å². The molecule has 8 heteroatoms. The molecule has 1 fully saturated rings. The molecule has 2 aromatic carbocycles. The second kappa shape index (κ2) is 11.1. The Morgan fingerprint density at radius 3 is 1.97 bits per heavy atom. The molecule has 1 aliphatic heterocycles. The van der Waals surface area contributed by atoms with E-state index in [9.17, 15) is 14.7 Å². The molecular formula is C25H27BrO7. The lowest BCUT2D eigenvalue weighted by molar-refractivity contribution is -0.164. The van der Waals surface area contributed by atoms with Gasteiger partial charge < -0.3 is 24.1 Å². The van der Waals surface area contributed by atoms with Crippen molar-refractivity contribution in [2.45, 2.75) is 50.2 Å². The Morgan fingerprint density at radius 1 is 1.00 bits per heavy atom. The Labute approximate surface area is 201 Å². The fourth-order valence-corrected chi connectivity index (χ4v) is 3.93. The van der Waals surface area contributed by atoms with E-state index < -0.39 is 48.2 Å².